The number of amides is 2. The summed E-state index contributed by atoms with van der Waals surface area (Å²) in [7, 11) is 3.41. The molecule has 1 aromatic carbocycles. The minimum absolute atomic E-state index is 0.139. The van der Waals surface area contributed by atoms with E-state index in [0.717, 1.165) is 5.69 Å². The van der Waals surface area contributed by atoms with E-state index in [1.54, 1.807) is 18.8 Å². The second-order valence-corrected chi connectivity index (χ2v) is 5.81. The maximum Gasteiger partial charge on any atom is 0.317 e. The minimum atomic E-state index is -0.139. The zero-order valence-corrected chi connectivity index (χ0v) is 13.6. The predicted octanol–water partition coefficient (Wildman–Crippen LogP) is 2.22. The Bertz CT molecular complexity index is 633. The van der Waals surface area contributed by atoms with E-state index >= 15 is 0 Å². The Labute approximate surface area is 131 Å². The summed E-state index contributed by atoms with van der Waals surface area (Å²) in [4.78, 5) is 13.0. The molecule has 0 aliphatic heterocycles. The molecule has 0 aliphatic carbocycles. The highest BCUT2D eigenvalue weighted by molar-refractivity contribution is 5.73. The van der Waals surface area contributed by atoms with E-state index in [0.29, 0.717) is 19.0 Å². The molecule has 0 spiro atoms. The highest BCUT2D eigenvalue weighted by Gasteiger charge is 2.09. The summed E-state index contributed by atoms with van der Waals surface area (Å²) in [5.41, 5.74) is 3.31. The molecule has 6 nitrogen and oxygen atoms in total. The smallest absolute Gasteiger partial charge is 0.317 e. The van der Waals surface area contributed by atoms with Crippen LogP contribution in [0, 0.1) is 0 Å². The van der Waals surface area contributed by atoms with Crippen molar-refractivity contribution in [1.82, 2.24) is 25.2 Å². The lowest BCUT2D eigenvalue weighted by Crippen LogP contribution is -2.34. The van der Waals surface area contributed by atoms with E-state index in [1.807, 2.05) is 12.3 Å². The SMILES string of the molecule is CC(C)c1ccccc1Cn1cc(CNC(=O)N(C)C)nn1. The molecule has 1 N–H and O–H groups in total. The van der Waals surface area contributed by atoms with Crippen LogP contribution in [0.1, 0.15) is 36.6 Å². The van der Waals surface area contributed by atoms with Crippen molar-refractivity contribution in [2.24, 2.45) is 0 Å². The topological polar surface area (TPSA) is 63.1 Å². The van der Waals surface area contributed by atoms with Gasteiger partial charge in [-0.25, -0.2) is 9.48 Å². The average molecular weight is 301 g/mol. The zero-order chi connectivity index (χ0) is 16.1. The van der Waals surface area contributed by atoms with E-state index in [9.17, 15) is 4.79 Å². The maximum atomic E-state index is 11.5. The Balaban J connectivity index is 2.02. The van der Waals surface area contributed by atoms with Crippen LogP contribution in [-0.2, 0) is 13.1 Å². The summed E-state index contributed by atoms with van der Waals surface area (Å²) in [6.45, 7) is 5.43. The first-order chi connectivity index (χ1) is 10.5. The van der Waals surface area contributed by atoms with Gasteiger partial charge in [0, 0.05) is 14.1 Å². The number of urea groups is 1. The molecule has 0 fully saturated rings. The Morgan fingerprint density at radius 3 is 2.73 bits per heavy atom. The molecular weight excluding hydrogens is 278 g/mol. The van der Waals surface area contributed by atoms with Crippen molar-refractivity contribution < 1.29 is 4.79 Å². The molecule has 6 heteroatoms. The summed E-state index contributed by atoms with van der Waals surface area (Å²) in [6, 6.07) is 8.22. The molecule has 2 aromatic rings. The molecule has 0 atom stereocenters. The van der Waals surface area contributed by atoms with E-state index in [1.165, 1.54) is 16.0 Å². The van der Waals surface area contributed by atoms with E-state index in [4.69, 9.17) is 0 Å². The normalized spacial score (nSPS) is 10.8. The quantitative estimate of drug-likeness (QED) is 0.921. The van der Waals surface area contributed by atoms with E-state index in [-0.39, 0.29) is 6.03 Å². The Kier molecular flexibility index (Phi) is 5.14. The lowest BCUT2D eigenvalue weighted by atomic mass is 9.97. The number of nitrogens with zero attached hydrogens (tertiary/aromatic N) is 4. The third-order valence-corrected chi connectivity index (χ3v) is 3.42. The van der Waals surface area contributed by atoms with Gasteiger partial charge in [-0.15, -0.1) is 5.10 Å². The Morgan fingerprint density at radius 1 is 1.32 bits per heavy atom. The van der Waals surface area contributed by atoms with Crippen LogP contribution in [0.5, 0.6) is 0 Å². The lowest BCUT2D eigenvalue weighted by molar-refractivity contribution is 0.217. The number of rotatable bonds is 5. The van der Waals surface area contributed by atoms with E-state index in [2.05, 4.69) is 47.7 Å². The van der Waals surface area contributed by atoms with Crippen molar-refractivity contribution in [2.75, 3.05) is 14.1 Å². The molecule has 118 valence electrons. The molecule has 2 rings (SSSR count). The summed E-state index contributed by atoms with van der Waals surface area (Å²) < 4.78 is 1.80. The van der Waals surface area contributed by atoms with Crippen LogP contribution in [0.2, 0.25) is 0 Å². The summed E-state index contributed by atoms with van der Waals surface area (Å²) in [5.74, 6) is 0.471. The summed E-state index contributed by atoms with van der Waals surface area (Å²) >= 11 is 0. The highest BCUT2D eigenvalue weighted by Crippen LogP contribution is 2.19. The van der Waals surface area contributed by atoms with Gasteiger partial charge in [-0.3, -0.25) is 0 Å². The molecule has 22 heavy (non-hydrogen) atoms. The summed E-state index contributed by atoms with van der Waals surface area (Å²) in [5, 5.41) is 11.0. The molecular formula is C16H23N5O. The van der Waals surface area contributed by atoms with Crippen molar-refractivity contribution in [3.05, 3.63) is 47.3 Å². The fourth-order valence-electron chi connectivity index (χ4n) is 2.24. The van der Waals surface area contributed by atoms with Crippen molar-refractivity contribution in [2.45, 2.75) is 32.9 Å². The molecule has 0 saturated heterocycles. The second kappa shape index (κ2) is 7.06. The second-order valence-electron chi connectivity index (χ2n) is 5.81. The molecule has 0 bridgehead atoms. The Hall–Kier alpha value is -2.37. The van der Waals surface area contributed by atoms with Crippen LogP contribution in [0.15, 0.2) is 30.5 Å². The average Bonchev–Trinajstić information content (AvgIpc) is 2.92. The van der Waals surface area contributed by atoms with Gasteiger partial charge in [-0.1, -0.05) is 43.3 Å². The number of aromatic nitrogens is 3. The number of benzene rings is 1. The van der Waals surface area contributed by atoms with Crippen molar-refractivity contribution in [1.29, 1.82) is 0 Å². The van der Waals surface area contributed by atoms with Crippen molar-refractivity contribution >= 4 is 6.03 Å². The van der Waals surface area contributed by atoms with Crippen molar-refractivity contribution in [3.8, 4) is 0 Å². The van der Waals surface area contributed by atoms with Crippen LogP contribution in [0.3, 0.4) is 0 Å². The van der Waals surface area contributed by atoms with Crippen LogP contribution in [0.4, 0.5) is 4.79 Å². The number of carbonyl (C=O) groups excluding carboxylic acids is 1. The molecule has 0 radical (unpaired) electrons. The molecule has 0 unspecified atom stereocenters. The molecule has 2 amide bonds. The molecule has 0 saturated carbocycles. The van der Waals surface area contributed by atoms with Crippen LogP contribution in [-0.4, -0.2) is 40.0 Å². The van der Waals surface area contributed by atoms with Gasteiger partial charge >= 0.3 is 6.03 Å². The van der Waals surface area contributed by atoms with Gasteiger partial charge in [-0.05, 0) is 17.0 Å². The maximum absolute atomic E-state index is 11.5. The molecule has 0 aliphatic rings. The first-order valence-corrected chi connectivity index (χ1v) is 7.39. The third kappa shape index (κ3) is 4.07. The fraction of sp³-hybridized carbons (Fsp3) is 0.438. The van der Waals surface area contributed by atoms with Gasteiger partial charge in [0.2, 0.25) is 0 Å². The van der Waals surface area contributed by atoms with Gasteiger partial charge in [0.25, 0.3) is 0 Å². The van der Waals surface area contributed by atoms with Gasteiger partial charge in [0.1, 0.15) is 5.69 Å². The van der Waals surface area contributed by atoms with Crippen LogP contribution < -0.4 is 5.32 Å². The van der Waals surface area contributed by atoms with E-state index < -0.39 is 0 Å². The largest absolute Gasteiger partial charge is 0.332 e. The highest BCUT2D eigenvalue weighted by atomic mass is 16.2. The molecule has 1 aromatic heterocycles. The minimum Gasteiger partial charge on any atom is -0.332 e. The number of hydrogen-bond donors (Lipinski definition) is 1. The van der Waals surface area contributed by atoms with Gasteiger partial charge in [-0.2, -0.15) is 0 Å². The first kappa shape index (κ1) is 16.0. The van der Waals surface area contributed by atoms with Crippen LogP contribution >= 0.6 is 0 Å². The standard InChI is InChI=1S/C16H23N5O/c1-12(2)15-8-6-5-7-13(15)10-21-11-14(18-19-21)9-17-16(22)20(3)4/h5-8,11-12H,9-10H2,1-4H3,(H,17,22). The monoisotopic (exact) mass is 301 g/mol. The van der Waals surface area contributed by atoms with Crippen LogP contribution in [0.25, 0.3) is 0 Å². The number of carbonyl (C=O) groups is 1. The predicted molar refractivity (Wildman–Crippen MR) is 85.6 cm³/mol. The zero-order valence-electron chi connectivity index (χ0n) is 13.6. The van der Waals surface area contributed by atoms with Gasteiger partial charge < -0.3 is 10.2 Å². The fourth-order valence-corrected chi connectivity index (χ4v) is 2.24. The Morgan fingerprint density at radius 2 is 2.05 bits per heavy atom. The third-order valence-electron chi connectivity index (χ3n) is 3.42. The summed E-state index contributed by atoms with van der Waals surface area (Å²) in [6.07, 6.45) is 1.87. The number of hydrogen-bond acceptors (Lipinski definition) is 3. The van der Waals surface area contributed by atoms with Gasteiger partial charge in [0.05, 0.1) is 19.3 Å². The first-order valence-electron chi connectivity index (χ1n) is 7.39. The molecule has 1 heterocycles. The van der Waals surface area contributed by atoms with Crippen molar-refractivity contribution in [3.63, 3.8) is 0 Å². The lowest BCUT2D eigenvalue weighted by Gasteiger charge is -2.12. The number of nitrogens with one attached hydrogen (secondary N) is 1. The van der Waals surface area contributed by atoms with Gasteiger partial charge in [0.15, 0.2) is 0 Å².